The van der Waals surface area contributed by atoms with E-state index in [0.717, 1.165) is 13.0 Å². The van der Waals surface area contributed by atoms with Crippen LogP contribution in [-0.4, -0.2) is 36.7 Å². The summed E-state index contributed by atoms with van der Waals surface area (Å²) in [5.74, 6) is 0. The van der Waals surface area contributed by atoms with Crippen LogP contribution in [0.15, 0.2) is 18.2 Å². The zero-order valence-electron chi connectivity index (χ0n) is 15.7. The van der Waals surface area contributed by atoms with Gasteiger partial charge < -0.3 is 15.0 Å². The molecule has 1 amide bonds. The van der Waals surface area contributed by atoms with E-state index in [1.807, 2.05) is 20.8 Å². The zero-order valence-corrected chi connectivity index (χ0v) is 15.7. The maximum atomic E-state index is 11.9. The first-order chi connectivity index (χ1) is 10.6. The quantitative estimate of drug-likeness (QED) is 0.798. The Balaban J connectivity index is 2.37. The van der Waals surface area contributed by atoms with Crippen molar-refractivity contribution in [1.82, 2.24) is 10.2 Å². The van der Waals surface area contributed by atoms with E-state index in [1.54, 1.807) is 11.9 Å². The number of hydrogen-bond donors (Lipinski definition) is 1. The molecule has 0 bridgehead atoms. The van der Waals surface area contributed by atoms with E-state index < -0.39 is 5.60 Å². The second-order valence-electron chi connectivity index (χ2n) is 7.29. The van der Waals surface area contributed by atoms with Crippen molar-refractivity contribution in [3.05, 3.63) is 34.9 Å². The lowest BCUT2D eigenvalue weighted by atomic mass is 10.00. The van der Waals surface area contributed by atoms with E-state index in [2.05, 4.69) is 44.3 Å². The van der Waals surface area contributed by atoms with Gasteiger partial charge in [0.05, 0.1) is 0 Å². The Hall–Kier alpha value is -1.55. The summed E-state index contributed by atoms with van der Waals surface area (Å²) >= 11 is 0. The van der Waals surface area contributed by atoms with E-state index in [1.165, 1.54) is 16.7 Å². The standard InChI is InChI=1S/C19H32N2O2/c1-14-9-10-15(2)17(13-14)16(3)20-11-8-12-21(7)18(22)23-19(4,5)6/h9-10,13,16,20H,8,11-12H2,1-7H3. The van der Waals surface area contributed by atoms with Crippen molar-refractivity contribution in [2.75, 3.05) is 20.1 Å². The number of nitrogens with one attached hydrogen (secondary N) is 1. The molecule has 0 spiro atoms. The molecule has 0 aromatic heterocycles. The number of carbonyl (C=O) groups is 1. The third-order valence-electron chi connectivity index (χ3n) is 3.73. The van der Waals surface area contributed by atoms with Gasteiger partial charge in [-0.2, -0.15) is 0 Å². The molecule has 1 rings (SSSR count). The third-order valence-corrected chi connectivity index (χ3v) is 3.73. The molecule has 0 aliphatic carbocycles. The summed E-state index contributed by atoms with van der Waals surface area (Å²) in [7, 11) is 1.78. The van der Waals surface area contributed by atoms with Gasteiger partial charge in [0.2, 0.25) is 0 Å². The molecule has 4 heteroatoms. The van der Waals surface area contributed by atoms with Gasteiger partial charge in [0.15, 0.2) is 0 Å². The number of hydrogen-bond acceptors (Lipinski definition) is 3. The summed E-state index contributed by atoms with van der Waals surface area (Å²) in [6.45, 7) is 13.6. The second-order valence-corrected chi connectivity index (χ2v) is 7.29. The molecule has 0 saturated carbocycles. The number of benzene rings is 1. The van der Waals surface area contributed by atoms with Crippen LogP contribution in [0.2, 0.25) is 0 Å². The minimum atomic E-state index is -0.444. The van der Waals surface area contributed by atoms with Gasteiger partial charge in [0, 0.05) is 19.6 Å². The van der Waals surface area contributed by atoms with Crippen molar-refractivity contribution in [2.45, 2.75) is 59.6 Å². The summed E-state index contributed by atoms with van der Waals surface area (Å²) in [5.41, 5.74) is 3.48. The van der Waals surface area contributed by atoms with Crippen molar-refractivity contribution < 1.29 is 9.53 Å². The third kappa shape index (κ3) is 7.04. The van der Waals surface area contributed by atoms with Crippen LogP contribution in [0.3, 0.4) is 0 Å². The molecule has 0 fully saturated rings. The molecule has 1 atom stereocenters. The van der Waals surface area contributed by atoms with E-state index in [-0.39, 0.29) is 6.09 Å². The number of nitrogens with zero attached hydrogens (tertiary/aromatic N) is 1. The molecule has 0 aliphatic heterocycles. The van der Waals surface area contributed by atoms with Crippen molar-refractivity contribution in [3.8, 4) is 0 Å². The lowest BCUT2D eigenvalue weighted by Gasteiger charge is -2.25. The Labute approximate surface area is 141 Å². The van der Waals surface area contributed by atoms with Gasteiger partial charge >= 0.3 is 6.09 Å². The summed E-state index contributed by atoms with van der Waals surface area (Å²) < 4.78 is 5.34. The van der Waals surface area contributed by atoms with Gasteiger partial charge in [-0.3, -0.25) is 0 Å². The van der Waals surface area contributed by atoms with Crippen LogP contribution in [0.5, 0.6) is 0 Å². The molecule has 1 unspecified atom stereocenters. The summed E-state index contributed by atoms with van der Waals surface area (Å²) in [5, 5.41) is 3.53. The Morgan fingerprint density at radius 2 is 1.96 bits per heavy atom. The lowest BCUT2D eigenvalue weighted by molar-refractivity contribution is 0.0297. The average Bonchev–Trinajstić information content (AvgIpc) is 2.43. The smallest absolute Gasteiger partial charge is 0.410 e. The summed E-state index contributed by atoms with van der Waals surface area (Å²) in [4.78, 5) is 13.5. The van der Waals surface area contributed by atoms with Crippen molar-refractivity contribution in [1.29, 1.82) is 0 Å². The van der Waals surface area contributed by atoms with Crippen molar-refractivity contribution >= 4 is 6.09 Å². The Bertz CT molecular complexity index is 521. The molecule has 1 aromatic rings. The topological polar surface area (TPSA) is 41.6 Å². The molecular weight excluding hydrogens is 288 g/mol. The highest BCUT2D eigenvalue weighted by molar-refractivity contribution is 5.67. The summed E-state index contributed by atoms with van der Waals surface area (Å²) in [6.07, 6.45) is 0.630. The first-order valence-corrected chi connectivity index (χ1v) is 8.35. The highest BCUT2D eigenvalue weighted by Crippen LogP contribution is 2.18. The molecule has 23 heavy (non-hydrogen) atoms. The monoisotopic (exact) mass is 320 g/mol. The highest BCUT2D eigenvalue weighted by atomic mass is 16.6. The highest BCUT2D eigenvalue weighted by Gasteiger charge is 2.19. The van der Waals surface area contributed by atoms with Gasteiger partial charge in [0.25, 0.3) is 0 Å². The number of amides is 1. The van der Waals surface area contributed by atoms with Crippen LogP contribution < -0.4 is 5.32 Å². The molecule has 130 valence electrons. The molecule has 4 nitrogen and oxygen atoms in total. The van der Waals surface area contributed by atoms with E-state index in [9.17, 15) is 4.79 Å². The van der Waals surface area contributed by atoms with Gasteiger partial charge in [-0.15, -0.1) is 0 Å². The van der Waals surface area contributed by atoms with Crippen LogP contribution in [-0.2, 0) is 4.74 Å². The van der Waals surface area contributed by atoms with Crippen molar-refractivity contribution in [3.63, 3.8) is 0 Å². The number of aryl methyl sites for hydroxylation is 2. The fourth-order valence-corrected chi connectivity index (χ4v) is 2.40. The largest absolute Gasteiger partial charge is 0.444 e. The Kier molecular flexibility index (Phi) is 7.07. The molecule has 0 radical (unpaired) electrons. The number of rotatable bonds is 6. The molecule has 0 aliphatic rings. The van der Waals surface area contributed by atoms with Crippen LogP contribution in [0.1, 0.15) is 56.8 Å². The Morgan fingerprint density at radius 1 is 1.30 bits per heavy atom. The minimum absolute atomic E-state index is 0.264. The number of ether oxygens (including phenoxy) is 1. The van der Waals surface area contributed by atoms with Crippen LogP contribution >= 0.6 is 0 Å². The molecule has 0 heterocycles. The Morgan fingerprint density at radius 3 is 2.57 bits per heavy atom. The van der Waals surface area contributed by atoms with Crippen molar-refractivity contribution in [2.24, 2.45) is 0 Å². The molecular formula is C19H32N2O2. The first-order valence-electron chi connectivity index (χ1n) is 8.35. The second kappa shape index (κ2) is 8.34. The molecule has 1 aromatic carbocycles. The zero-order chi connectivity index (χ0) is 17.6. The van der Waals surface area contributed by atoms with Gasteiger partial charge in [-0.25, -0.2) is 4.79 Å². The van der Waals surface area contributed by atoms with E-state index in [4.69, 9.17) is 4.74 Å². The fraction of sp³-hybridized carbons (Fsp3) is 0.632. The van der Waals surface area contributed by atoms with Gasteiger partial charge in [-0.05, 0) is 65.6 Å². The number of carbonyl (C=O) groups excluding carboxylic acids is 1. The summed E-state index contributed by atoms with van der Waals surface area (Å²) in [6, 6.07) is 6.85. The van der Waals surface area contributed by atoms with Crippen LogP contribution in [0.4, 0.5) is 4.79 Å². The predicted octanol–water partition coefficient (Wildman–Crippen LogP) is 4.21. The maximum absolute atomic E-state index is 11.9. The lowest BCUT2D eigenvalue weighted by Crippen LogP contribution is -2.35. The van der Waals surface area contributed by atoms with Crippen LogP contribution in [0.25, 0.3) is 0 Å². The predicted molar refractivity (Wildman–Crippen MR) is 95.8 cm³/mol. The van der Waals surface area contributed by atoms with Gasteiger partial charge in [-0.1, -0.05) is 23.8 Å². The van der Waals surface area contributed by atoms with Crippen LogP contribution in [0, 0.1) is 13.8 Å². The fourth-order valence-electron chi connectivity index (χ4n) is 2.40. The van der Waals surface area contributed by atoms with E-state index >= 15 is 0 Å². The molecule has 1 N–H and O–H groups in total. The molecule has 0 saturated heterocycles. The van der Waals surface area contributed by atoms with E-state index in [0.29, 0.717) is 12.6 Å². The first kappa shape index (κ1) is 19.5. The SMILES string of the molecule is Cc1ccc(C)c(C(C)NCCCN(C)C(=O)OC(C)(C)C)c1. The minimum Gasteiger partial charge on any atom is -0.444 e. The maximum Gasteiger partial charge on any atom is 0.410 e. The van der Waals surface area contributed by atoms with Gasteiger partial charge in [0.1, 0.15) is 5.60 Å². The normalized spacial score (nSPS) is 12.8. The average molecular weight is 320 g/mol.